The van der Waals surface area contributed by atoms with Crippen LogP contribution in [0.15, 0.2) is 60.7 Å². The van der Waals surface area contributed by atoms with Crippen LogP contribution < -0.4 is 10.1 Å². The second-order valence-electron chi connectivity index (χ2n) is 9.53. The molecule has 0 fully saturated rings. The number of benzene rings is 3. The van der Waals surface area contributed by atoms with Crippen LogP contribution in [0.4, 0.5) is 23.2 Å². The van der Waals surface area contributed by atoms with Crippen LogP contribution in [0.3, 0.4) is 0 Å². The van der Waals surface area contributed by atoms with E-state index in [1.54, 1.807) is 24.3 Å². The second kappa shape index (κ2) is 13.7. The zero-order valence-corrected chi connectivity index (χ0v) is 22.8. The summed E-state index contributed by atoms with van der Waals surface area (Å²) in [5.41, 5.74) is 0.537. The topological polar surface area (TPSA) is 75.6 Å². The molecule has 0 aliphatic carbocycles. The van der Waals surface area contributed by atoms with Gasteiger partial charge in [-0.1, -0.05) is 37.9 Å². The van der Waals surface area contributed by atoms with E-state index in [4.69, 9.17) is 21.4 Å². The molecule has 10 heteroatoms. The van der Waals surface area contributed by atoms with Crippen molar-refractivity contribution in [2.45, 2.75) is 51.7 Å². The van der Waals surface area contributed by atoms with Crippen LogP contribution in [0.2, 0.25) is 5.02 Å². The Bertz CT molecular complexity index is 1330. The van der Waals surface area contributed by atoms with E-state index in [2.05, 4.69) is 5.32 Å². The van der Waals surface area contributed by atoms with Gasteiger partial charge in [0.1, 0.15) is 18.2 Å². The molecular weight excluding hydrogens is 550 g/mol. The monoisotopic (exact) mass is 579 g/mol. The number of aliphatic carboxylic acids is 1. The van der Waals surface area contributed by atoms with E-state index in [1.165, 1.54) is 18.2 Å². The first-order valence-electron chi connectivity index (χ1n) is 12.8. The zero-order chi connectivity index (χ0) is 29.4. The lowest BCUT2D eigenvalue weighted by molar-refractivity contribution is -0.138. The molecule has 3 aromatic rings. The average molecular weight is 580 g/mol. The normalized spacial score (nSPS) is 13.0. The van der Waals surface area contributed by atoms with Crippen LogP contribution in [0, 0.1) is 11.7 Å². The Kier molecular flexibility index (Phi) is 10.6. The average Bonchev–Trinajstić information content (AvgIpc) is 2.90. The van der Waals surface area contributed by atoms with E-state index in [-0.39, 0.29) is 65.5 Å². The molecule has 0 aliphatic rings. The summed E-state index contributed by atoms with van der Waals surface area (Å²) in [6.07, 6.45) is -3.34. The molecule has 40 heavy (non-hydrogen) atoms. The summed E-state index contributed by atoms with van der Waals surface area (Å²) in [4.78, 5) is 22.9. The molecule has 0 saturated heterocycles. The van der Waals surface area contributed by atoms with Gasteiger partial charge in [0, 0.05) is 46.3 Å². The van der Waals surface area contributed by atoms with E-state index < -0.39 is 23.5 Å². The van der Waals surface area contributed by atoms with Gasteiger partial charge in [0.2, 0.25) is 0 Å². The quantitative estimate of drug-likeness (QED) is 0.157. The molecule has 0 spiro atoms. The molecular formula is C30H30ClF4NO4. The number of carboxylic acids is 1. The molecule has 0 heterocycles. The van der Waals surface area contributed by atoms with E-state index in [0.717, 1.165) is 30.3 Å². The number of Topliss-reactive ketones (excluding diaryl/α,β-unsaturated/α-hetero) is 1. The number of carboxylic acid groups (broad SMARTS) is 1. The van der Waals surface area contributed by atoms with Gasteiger partial charge >= 0.3 is 12.1 Å². The van der Waals surface area contributed by atoms with Crippen molar-refractivity contribution in [1.29, 1.82) is 0 Å². The number of ketones is 1. The highest BCUT2D eigenvalue weighted by Crippen LogP contribution is 2.37. The van der Waals surface area contributed by atoms with Gasteiger partial charge in [0.25, 0.3) is 0 Å². The Morgan fingerprint density at radius 1 is 1.00 bits per heavy atom. The van der Waals surface area contributed by atoms with Crippen LogP contribution >= 0.6 is 11.6 Å². The SMILES string of the molecule is CC[C@H](C)[C@@H](COc1ccc(-c2ccc(C(F)(F)F)cc2Cl)c(F)c1)Nc1ccc(C(=O)CCCC(=O)O)cc1. The van der Waals surface area contributed by atoms with Crippen LogP contribution in [-0.4, -0.2) is 29.5 Å². The third-order valence-corrected chi connectivity index (χ3v) is 6.95. The summed E-state index contributed by atoms with van der Waals surface area (Å²) >= 11 is 6.03. The highest BCUT2D eigenvalue weighted by Gasteiger charge is 2.31. The largest absolute Gasteiger partial charge is 0.491 e. The van der Waals surface area contributed by atoms with Gasteiger partial charge in [-0.2, -0.15) is 13.2 Å². The minimum Gasteiger partial charge on any atom is -0.491 e. The van der Waals surface area contributed by atoms with Crippen molar-refractivity contribution < 1.29 is 37.0 Å². The number of nitrogens with one attached hydrogen (secondary N) is 1. The molecule has 0 aromatic heterocycles. The summed E-state index contributed by atoms with van der Waals surface area (Å²) in [7, 11) is 0. The van der Waals surface area contributed by atoms with E-state index in [1.807, 2.05) is 13.8 Å². The minimum atomic E-state index is -4.55. The maximum absolute atomic E-state index is 14.9. The molecule has 2 N–H and O–H groups in total. The Balaban J connectivity index is 1.66. The van der Waals surface area contributed by atoms with Crippen molar-refractivity contribution in [1.82, 2.24) is 0 Å². The summed E-state index contributed by atoms with van der Waals surface area (Å²) in [6, 6.07) is 13.6. The molecule has 0 amide bonds. The van der Waals surface area contributed by atoms with Gasteiger partial charge in [-0.3, -0.25) is 9.59 Å². The minimum absolute atomic E-state index is 0.0558. The predicted molar refractivity (Wildman–Crippen MR) is 146 cm³/mol. The fraction of sp³-hybridized carbons (Fsp3) is 0.333. The molecule has 0 aliphatic heterocycles. The number of alkyl halides is 3. The number of halogens is 5. The Labute approximate surface area is 235 Å². The first-order valence-corrected chi connectivity index (χ1v) is 13.2. The summed E-state index contributed by atoms with van der Waals surface area (Å²) < 4.78 is 59.6. The molecule has 2 atom stereocenters. The Hall–Kier alpha value is -3.59. The Morgan fingerprint density at radius 2 is 1.68 bits per heavy atom. The van der Waals surface area contributed by atoms with Crippen LogP contribution in [0.5, 0.6) is 5.75 Å². The number of rotatable bonds is 13. The van der Waals surface area contributed by atoms with Gasteiger partial charge in [-0.05, 0) is 60.9 Å². The van der Waals surface area contributed by atoms with Crippen molar-refractivity contribution in [3.8, 4) is 16.9 Å². The van der Waals surface area contributed by atoms with Gasteiger partial charge in [-0.15, -0.1) is 0 Å². The third-order valence-electron chi connectivity index (χ3n) is 6.64. The van der Waals surface area contributed by atoms with Gasteiger partial charge in [-0.25, -0.2) is 4.39 Å². The standard InChI is InChI=1S/C30H30ClF4NO4/c1-3-18(2)27(36-21-10-7-19(8-11-21)28(37)5-4-6-29(38)39)17-40-22-12-14-24(26(32)16-22)23-13-9-20(15-25(23)31)30(33,34)35/h7-16,18,27,36H,3-6,17H2,1-2H3,(H,38,39)/t18-,27+/m0/s1. The second-order valence-corrected chi connectivity index (χ2v) is 9.94. The van der Waals surface area contributed by atoms with Gasteiger partial charge in [0.15, 0.2) is 5.78 Å². The number of hydrogen-bond acceptors (Lipinski definition) is 4. The molecule has 0 radical (unpaired) electrons. The summed E-state index contributed by atoms with van der Waals surface area (Å²) in [5, 5.41) is 11.9. The fourth-order valence-electron chi connectivity index (χ4n) is 4.04. The van der Waals surface area contributed by atoms with Crippen molar-refractivity contribution >= 4 is 29.0 Å². The number of carbonyl (C=O) groups excluding carboxylic acids is 1. The van der Waals surface area contributed by atoms with E-state index in [9.17, 15) is 27.2 Å². The predicted octanol–water partition coefficient (Wildman–Crippen LogP) is 8.51. The van der Waals surface area contributed by atoms with Crippen molar-refractivity contribution in [2.75, 3.05) is 11.9 Å². The van der Waals surface area contributed by atoms with Crippen molar-refractivity contribution in [3.05, 3.63) is 82.6 Å². The van der Waals surface area contributed by atoms with E-state index in [0.29, 0.717) is 5.56 Å². The van der Waals surface area contributed by atoms with Crippen molar-refractivity contribution in [3.63, 3.8) is 0 Å². The summed E-state index contributed by atoms with van der Waals surface area (Å²) in [5.74, 6) is -1.32. The van der Waals surface area contributed by atoms with Crippen LogP contribution in [0.1, 0.15) is 55.5 Å². The highest BCUT2D eigenvalue weighted by molar-refractivity contribution is 6.33. The molecule has 0 saturated carbocycles. The number of ether oxygens (including phenoxy) is 1. The van der Waals surface area contributed by atoms with Crippen LogP contribution in [-0.2, 0) is 11.0 Å². The lowest BCUT2D eigenvalue weighted by atomic mass is 9.99. The molecule has 3 aromatic carbocycles. The van der Waals surface area contributed by atoms with E-state index >= 15 is 0 Å². The number of hydrogen-bond donors (Lipinski definition) is 2. The maximum Gasteiger partial charge on any atom is 0.416 e. The fourth-order valence-corrected chi connectivity index (χ4v) is 4.33. The number of anilines is 1. The van der Waals surface area contributed by atoms with Gasteiger partial charge < -0.3 is 15.2 Å². The number of carbonyl (C=O) groups is 2. The zero-order valence-electron chi connectivity index (χ0n) is 22.0. The first-order chi connectivity index (χ1) is 18.9. The lowest BCUT2D eigenvalue weighted by Crippen LogP contribution is -2.33. The molecule has 5 nitrogen and oxygen atoms in total. The van der Waals surface area contributed by atoms with Crippen LogP contribution in [0.25, 0.3) is 11.1 Å². The summed E-state index contributed by atoms with van der Waals surface area (Å²) in [6.45, 7) is 4.27. The Morgan fingerprint density at radius 3 is 2.25 bits per heavy atom. The molecule has 214 valence electrons. The first kappa shape index (κ1) is 30.9. The molecule has 0 bridgehead atoms. The smallest absolute Gasteiger partial charge is 0.416 e. The molecule has 3 rings (SSSR count). The third kappa shape index (κ3) is 8.45. The molecule has 0 unspecified atom stereocenters. The maximum atomic E-state index is 14.9. The lowest BCUT2D eigenvalue weighted by Gasteiger charge is -2.26. The highest BCUT2D eigenvalue weighted by atomic mass is 35.5. The van der Waals surface area contributed by atoms with Gasteiger partial charge in [0.05, 0.1) is 11.6 Å². The van der Waals surface area contributed by atoms with Crippen molar-refractivity contribution in [2.24, 2.45) is 5.92 Å².